The van der Waals surface area contributed by atoms with Crippen molar-refractivity contribution in [3.63, 3.8) is 0 Å². The summed E-state index contributed by atoms with van der Waals surface area (Å²) in [5, 5.41) is 3.18. The molecule has 2 aromatic rings. The first-order valence-corrected chi connectivity index (χ1v) is 8.89. The van der Waals surface area contributed by atoms with E-state index in [1.807, 2.05) is 43.0 Å². The molecule has 0 atom stereocenters. The summed E-state index contributed by atoms with van der Waals surface area (Å²) >= 11 is 0. The minimum Gasteiger partial charge on any atom is -0.492 e. The Kier molecular flexibility index (Phi) is 5.68. The molecule has 1 amide bonds. The van der Waals surface area contributed by atoms with Crippen molar-refractivity contribution in [1.29, 1.82) is 0 Å². The van der Waals surface area contributed by atoms with Gasteiger partial charge in [-0.2, -0.15) is 0 Å². The normalized spacial score (nSPS) is 15.0. The van der Waals surface area contributed by atoms with E-state index in [-0.39, 0.29) is 5.91 Å². The Morgan fingerprint density at radius 3 is 2.65 bits per heavy atom. The number of hydrogen-bond donors (Lipinski definition) is 1. The fraction of sp³-hybridized carbons (Fsp3) is 0.421. The molecule has 0 unspecified atom stereocenters. The van der Waals surface area contributed by atoms with E-state index in [1.54, 1.807) is 6.07 Å². The van der Waals surface area contributed by atoms with E-state index in [2.05, 4.69) is 27.2 Å². The molecule has 0 saturated carbocycles. The van der Waals surface area contributed by atoms with E-state index in [0.717, 1.165) is 30.2 Å². The maximum atomic E-state index is 12.8. The number of nitrogens with zero attached hydrogens (tertiary/aromatic N) is 4. The van der Waals surface area contributed by atoms with Gasteiger partial charge < -0.3 is 19.9 Å². The molecule has 0 radical (unpaired) electrons. The molecule has 1 fully saturated rings. The minimum absolute atomic E-state index is 0.0512. The molecule has 7 nitrogen and oxygen atoms in total. The van der Waals surface area contributed by atoms with Gasteiger partial charge in [-0.15, -0.1) is 0 Å². The first-order valence-electron chi connectivity index (χ1n) is 8.89. The third-order valence-electron chi connectivity index (χ3n) is 4.30. The van der Waals surface area contributed by atoms with Crippen molar-refractivity contribution in [2.24, 2.45) is 0 Å². The number of aromatic nitrogens is 2. The molecule has 1 aromatic carbocycles. The van der Waals surface area contributed by atoms with E-state index in [4.69, 9.17) is 4.74 Å². The quantitative estimate of drug-likeness (QED) is 0.888. The minimum atomic E-state index is -0.0512. The van der Waals surface area contributed by atoms with Crippen LogP contribution in [0.5, 0.6) is 5.75 Å². The number of likely N-dealkylation sites (N-methyl/N-ethyl adjacent to an activating group) is 1. The van der Waals surface area contributed by atoms with Gasteiger partial charge in [-0.1, -0.05) is 12.1 Å². The molecular formula is C19H25N5O2. The Morgan fingerprint density at radius 2 is 1.92 bits per heavy atom. The second-order valence-electron chi connectivity index (χ2n) is 6.37. The monoisotopic (exact) mass is 355 g/mol. The van der Waals surface area contributed by atoms with Crippen molar-refractivity contribution >= 4 is 17.5 Å². The summed E-state index contributed by atoms with van der Waals surface area (Å²) in [4.78, 5) is 25.7. The Bertz CT molecular complexity index is 772. The molecular weight excluding hydrogens is 330 g/mol. The second kappa shape index (κ2) is 8.14. The van der Waals surface area contributed by atoms with Crippen LogP contribution >= 0.6 is 0 Å². The summed E-state index contributed by atoms with van der Waals surface area (Å²) in [5.41, 5.74) is 1.94. The number of amides is 1. The van der Waals surface area contributed by atoms with Gasteiger partial charge in [-0.25, -0.2) is 9.97 Å². The predicted octanol–water partition coefficient (Wildman–Crippen LogP) is 2.31. The SMILES string of the molecule is CCOc1ccccc1Nc1nc(C)cc(C(=O)N2CCN(C)CC2)n1. The van der Waals surface area contributed by atoms with Crippen LogP contribution in [0.15, 0.2) is 30.3 Å². The molecule has 1 N–H and O–H groups in total. The molecule has 3 rings (SSSR count). The Balaban J connectivity index is 1.81. The summed E-state index contributed by atoms with van der Waals surface area (Å²) in [6.45, 7) is 7.56. The van der Waals surface area contributed by atoms with Crippen LogP contribution < -0.4 is 10.1 Å². The van der Waals surface area contributed by atoms with Gasteiger partial charge in [0, 0.05) is 31.9 Å². The molecule has 0 spiro atoms. The van der Waals surface area contributed by atoms with Crippen LogP contribution in [0.2, 0.25) is 0 Å². The maximum Gasteiger partial charge on any atom is 0.272 e. The summed E-state index contributed by atoms with van der Waals surface area (Å²) in [6, 6.07) is 9.35. The van der Waals surface area contributed by atoms with Crippen molar-refractivity contribution in [2.45, 2.75) is 13.8 Å². The standard InChI is InChI=1S/C19H25N5O2/c1-4-26-17-8-6-5-7-15(17)21-19-20-14(2)13-16(22-19)18(25)24-11-9-23(3)10-12-24/h5-8,13H,4,9-12H2,1-3H3,(H,20,21,22). The lowest BCUT2D eigenvalue weighted by Gasteiger charge is -2.32. The number of piperazine rings is 1. The van der Waals surface area contributed by atoms with Crippen LogP contribution in [0.1, 0.15) is 23.1 Å². The van der Waals surface area contributed by atoms with Crippen LogP contribution in [0.25, 0.3) is 0 Å². The fourth-order valence-electron chi connectivity index (χ4n) is 2.88. The zero-order valence-corrected chi connectivity index (χ0v) is 15.5. The van der Waals surface area contributed by atoms with Crippen LogP contribution in [0, 0.1) is 6.92 Å². The van der Waals surface area contributed by atoms with Gasteiger partial charge >= 0.3 is 0 Å². The molecule has 2 heterocycles. The Morgan fingerprint density at radius 1 is 1.19 bits per heavy atom. The summed E-state index contributed by atoms with van der Waals surface area (Å²) in [6.07, 6.45) is 0. The number of anilines is 2. The molecule has 1 aliphatic rings. The van der Waals surface area contributed by atoms with Gasteiger partial charge in [-0.3, -0.25) is 4.79 Å². The maximum absolute atomic E-state index is 12.8. The number of carbonyl (C=O) groups excluding carboxylic acids is 1. The van der Waals surface area contributed by atoms with Crippen molar-refractivity contribution < 1.29 is 9.53 Å². The van der Waals surface area contributed by atoms with Crippen LogP contribution in [0.3, 0.4) is 0 Å². The van der Waals surface area contributed by atoms with Crippen molar-refractivity contribution in [3.05, 3.63) is 41.7 Å². The zero-order valence-electron chi connectivity index (χ0n) is 15.5. The van der Waals surface area contributed by atoms with Crippen LogP contribution in [-0.2, 0) is 0 Å². The van der Waals surface area contributed by atoms with E-state index < -0.39 is 0 Å². The van der Waals surface area contributed by atoms with Crippen molar-refractivity contribution in [2.75, 3.05) is 45.2 Å². The summed E-state index contributed by atoms with van der Waals surface area (Å²) in [7, 11) is 2.06. The lowest BCUT2D eigenvalue weighted by molar-refractivity contribution is 0.0658. The number of para-hydroxylation sites is 2. The number of aryl methyl sites for hydroxylation is 1. The van der Waals surface area contributed by atoms with Gasteiger partial charge in [0.2, 0.25) is 5.95 Å². The van der Waals surface area contributed by atoms with Crippen LogP contribution in [0.4, 0.5) is 11.6 Å². The molecule has 0 aliphatic carbocycles. The molecule has 7 heteroatoms. The fourth-order valence-corrected chi connectivity index (χ4v) is 2.88. The van der Waals surface area contributed by atoms with Crippen LogP contribution in [-0.4, -0.2) is 65.5 Å². The molecule has 1 aromatic heterocycles. The van der Waals surface area contributed by atoms with Crippen molar-refractivity contribution in [3.8, 4) is 5.75 Å². The van der Waals surface area contributed by atoms with Gasteiger partial charge in [0.25, 0.3) is 5.91 Å². The highest BCUT2D eigenvalue weighted by Crippen LogP contribution is 2.26. The summed E-state index contributed by atoms with van der Waals surface area (Å²) in [5.74, 6) is 1.08. The third kappa shape index (κ3) is 4.29. The first-order chi connectivity index (χ1) is 12.6. The smallest absolute Gasteiger partial charge is 0.272 e. The van der Waals surface area contributed by atoms with Gasteiger partial charge in [0.15, 0.2) is 0 Å². The van der Waals surface area contributed by atoms with Gasteiger partial charge in [0.05, 0.1) is 12.3 Å². The third-order valence-corrected chi connectivity index (χ3v) is 4.30. The van der Waals surface area contributed by atoms with Gasteiger partial charge in [-0.05, 0) is 39.1 Å². The highest BCUT2D eigenvalue weighted by Gasteiger charge is 2.22. The first kappa shape index (κ1) is 18.1. The largest absolute Gasteiger partial charge is 0.492 e. The second-order valence-corrected chi connectivity index (χ2v) is 6.37. The molecule has 1 saturated heterocycles. The number of carbonyl (C=O) groups is 1. The molecule has 0 bridgehead atoms. The number of hydrogen-bond acceptors (Lipinski definition) is 6. The number of benzene rings is 1. The van der Waals surface area contributed by atoms with E-state index >= 15 is 0 Å². The van der Waals surface area contributed by atoms with E-state index in [0.29, 0.717) is 31.3 Å². The zero-order chi connectivity index (χ0) is 18.5. The number of nitrogens with one attached hydrogen (secondary N) is 1. The molecule has 138 valence electrons. The Labute approximate surface area is 154 Å². The van der Waals surface area contributed by atoms with Crippen molar-refractivity contribution in [1.82, 2.24) is 19.8 Å². The highest BCUT2D eigenvalue weighted by molar-refractivity contribution is 5.92. The average molecular weight is 355 g/mol. The van der Waals surface area contributed by atoms with Gasteiger partial charge in [0.1, 0.15) is 11.4 Å². The van der Waals surface area contributed by atoms with E-state index in [1.165, 1.54) is 0 Å². The topological polar surface area (TPSA) is 70.6 Å². The Hall–Kier alpha value is -2.67. The number of rotatable bonds is 5. The summed E-state index contributed by atoms with van der Waals surface area (Å²) < 4.78 is 5.62. The molecule has 26 heavy (non-hydrogen) atoms. The number of ether oxygens (including phenoxy) is 1. The van der Waals surface area contributed by atoms with E-state index in [9.17, 15) is 4.79 Å². The molecule has 1 aliphatic heterocycles. The lowest BCUT2D eigenvalue weighted by atomic mass is 10.2. The lowest BCUT2D eigenvalue weighted by Crippen LogP contribution is -2.47. The highest BCUT2D eigenvalue weighted by atomic mass is 16.5. The predicted molar refractivity (Wildman–Crippen MR) is 101 cm³/mol. The average Bonchev–Trinajstić information content (AvgIpc) is 2.63.